The van der Waals surface area contributed by atoms with Crippen LogP contribution in [0.5, 0.6) is 0 Å². The summed E-state index contributed by atoms with van der Waals surface area (Å²) in [6.07, 6.45) is 39.4. The number of rotatable bonds is 30. The van der Waals surface area contributed by atoms with Crippen molar-refractivity contribution in [1.29, 1.82) is 0 Å². The minimum absolute atomic E-state index is 0.0251. The first-order valence-electron chi connectivity index (χ1n) is 18.2. The van der Waals surface area contributed by atoms with Gasteiger partial charge >= 0.3 is 17.9 Å². The number of nitrogens with zero attached hydrogens (tertiary/aromatic N) is 1. The van der Waals surface area contributed by atoms with E-state index in [-0.39, 0.29) is 42.7 Å². The number of hydrogen-bond donors (Lipinski definition) is 1. The average molecular weight is 685 g/mol. The zero-order valence-corrected chi connectivity index (χ0v) is 31.1. The monoisotopic (exact) mass is 684 g/mol. The third-order valence-corrected chi connectivity index (χ3v) is 7.45. The van der Waals surface area contributed by atoms with Crippen molar-refractivity contribution in [3.8, 4) is 0 Å². The number of carboxylic acids is 1. The topological polar surface area (TPSA) is 99.1 Å². The molecule has 276 valence electrons. The van der Waals surface area contributed by atoms with Crippen LogP contribution in [0.4, 0.5) is 0 Å². The minimum Gasteiger partial charge on any atom is -0.477 e. The van der Waals surface area contributed by atoms with Crippen molar-refractivity contribution in [2.24, 2.45) is 0 Å². The van der Waals surface area contributed by atoms with Crippen molar-refractivity contribution in [1.82, 2.24) is 0 Å². The lowest BCUT2D eigenvalue weighted by Crippen LogP contribution is -2.50. The molecule has 0 aromatic rings. The number of ether oxygens (including phenoxy) is 3. The Morgan fingerprint density at radius 1 is 0.633 bits per heavy atom. The number of allylic oxidation sites excluding steroid dienone is 14. The lowest BCUT2D eigenvalue weighted by Gasteiger charge is -2.31. The predicted molar refractivity (Wildman–Crippen MR) is 201 cm³/mol. The molecule has 0 rings (SSSR count). The van der Waals surface area contributed by atoms with Gasteiger partial charge in [0.15, 0.2) is 12.1 Å². The van der Waals surface area contributed by atoms with E-state index in [0.717, 1.165) is 38.5 Å². The SMILES string of the molecule is CC/C=C/C=C/C=C/C=C/C=C/C=C/CCCCCC(=O)OCC(COCCC(C(=O)O)[N+](C)(C)C)OC(=O)CC/C=C/CCCCCC. The molecular formula is C41H66NO7+. The van der Waals surface area contributed by atoms with Crippen LogP contribution in [0.1, 0.15) is 104 Å². The van der Waals surface area contributed by atoms with Gasteiger partial charge in [0.25, 0.3) is 0 Å². The fourth-order valence-corrected chi connectivity index (χ4v) is 4.61. The van der Waals surface area contributed by atoms with Gasteiger partial charge in [0.05, 0.1) is 34.4 Å². The maximum atomic E-state index is 12.5. The molecule has 0 fully saturated rings. The number of quaternary nitrogens is 1. The largest absolute Gasteiger partial charge is 0.477 e. The normalized spacial score (nSPS) is 14.1. The second kappa shape index (κ2) is 31.8. The van der Waals surface area contributed by atoms with E-state index in [0.29, 0.717) is 25.7 Å². The van der Waals surface area contributed by atoms with Crippen molar-refractivity contribution in [3.05, 3.63) is 85.1 Å². The third kappa shape index (κ3) is 30.3. The quantitative estimate of drug-likeness (QED) is 0.0265. The molecule has 0 radical (unpaired) electrons. The lowest BCUT2D eigenvalue weighted by molar-refractivity contribution is -0.887. The Labute approximate surface area is 297 Å². The minimum atomic E-state index is -0.893. The van der Waals surface area contributed by atoms with Gasteiger partial charge in [-0.1, -0.05) is 125 Å². The fourth-order valence-electron chi connectivity index (χ4n) is 4.61. The van der Waals surface area contributed by atoms with Crippen LogP contribution >= 0.6 is 0 Å². The lowest BCUT2D eigenvalue weighted by atomic mass is 10.1. The molecular weight excluding hydrogens is 618 g/mol. The molecule has 0 saturated heterocycles. The summed E-state index contributed by atoms with van der Waals surface area (Å²) in [5.41, 5.74) is 0. The summed E-state index contributed by atoms with van der Waals surface area (Å²) >= 11 is 0. The molecule has 0 bridgehead atoms. The summed E-state index contributed by atoms with van der Waals surface area (Å²) in [6.45, 7) is 4.41. The molecule has 8 nitrogen and oxygen atoms in total. The Bertz CT molecular complexity index is 1080. The average Bonchev–Trinajstić information content (AvgIpc) is 3.05. The van der Waals surface area contributed by atoms with E-state index in [4.69, 9.17) is 14.2 Å². The summed E-state index contributed by atoms with van der Waals surface area (Å²) in [5.74, 6) is -1.61. The first-order chi connectivity index (χ1) is 23.6. The van der Waals surface area contributed by atoms with Crippen LogP contribution in [0.25, 0.3) is 0 Å². The number of hydrogen-bond acceptors (Lipinski definition) is 6. The molecule has 0 saturated carbocycles. The molecule has 2 atom stereocenters. The van der Waals surface area contributed by atoms with Gasteiger partial charge in [0, 0.05) is 19.3 Å². The number of carbonyl (C=O) groups excluding carboxylic acids is 2. The van der Waals surface area contributed by atoms with Crippen molar-refractivity contribution in [2.45, 2.75) is 116 Å². The van der Waals surface area contributed by atoms with Gasteiger partial charge in [-0.3, -0.25) is 9.59 Å². The molecule has 0 aromatic carbocycles. The van der Waals surface area contributed by atoms with Crippen LogP contribution in [0.3, 0.4) is 0 Å². The van der Waals surface area contributed by atoms with Crippen molar-refractivity contribution in [2.75, 3.05) is 41.0 Å². The molecule has 0 amide bonds. The molecule has 0 aliphatic rings. The molecule has 2 unspecified atom stereocenters. The Morgan fingerprint density at radius 3 is 1.80 bits per heavy atom. The van der Waals surface area contributed by atoms with E-state index in [1.165, 1.54) is 19.3 Å². The number of unbranched alkanes of at least 4 members (excludes halogenated alkanes) is 7. The fraction of sp³-hybridized carbons (Fsp3) is 0.585. The van der Waals surface area contributed by atoms with Gasteiger partial charge in [-0.05, 0) is 44.9 Å². The molecule has 0 aromatic heterocycles. The second-order valence-electron chi connectivity index (χ2n) is 12.9. The highest BCUT2D eigenvalue weighted by Crippen LogP contribution is 2.11. The maximum absolute atomic E-state index is 12.5. The van der Waals surface area contributed by atoms with Gasteiger partial charge in [-0.25, -0.2) is 4.79 Å². The molecule has 0 aliphatic heterocycles. The summed E-state index contributed by atoms with van der Waals surface area (Å²) in [7, 11) is 5.47. The van der Waals surface area contributed by atoms with E-state index in [1.807, 2.05) is 88.0 Å². The molecule has 0 spiro atoms. The standard InChI is InChI=1S/C41H65NO7/c1-6-8-10-12-14-16-17-18-19-20-21-22-23-24-26-27-29-31-39(43)48-36-37(35-47-34-33-38(41(45)46)42(3,4)5)49-40(44)32-30-28-25-15-13-11-9-7-2/h8,10,12,14,16-23,25,28,37-38H,6-7,9,11,13,15,24,26-27,29-36H2,1-5H3/p+1/b10-8+,14-12+,17-16+,19-18+,21-20+,23-22+,28-25+. The van der Waals surface area contributed by atoms with Gasteiger partial charge in [0.1, 0.15) is 6.61 Å². The van der Waals surface area contributed by atoms with Gasteiger partial charge in [-0.2, -0.15) is 0 Å². The summed E-state index contributed by atoms with van der Waals surface area (Å²) in [6, 6.07) is -0.629. The van der Waals surface area contributed by atoms with Gasteiger partial charge in [-0.15, -0.1) is 0 Å². The number of aliphatic carboxylic acids is 1. The first-order valence-corrected chi connectivity index (χ1v) is 18.2. The van der Waals surface area contributed by atoms with Crippen LogP contribution in [0.15, 0.2) is 85.1 Å². The zero-order chi connectivity index (χ0) is 36.4. The van der Waals surface area contributed by atoms with E-state index >= 15 is 0 Å². The Balaban J connectivity index is 4.55. The van der Waals surface area contributed by atoms with E-state index in [2.05, 4.69) is 32.1 Å². The van der Waals surface area contributed by atoms with Gasteiger partial charge < -0.3 is 23.8 Å². The smallest absolute Gasteiger partial charge is 0.362 e. The Kier molecular flexibility index (Phi) is 29.5. The van der Waals surface area contributed by atoms with E-state index in [9.17, 15) is 19.5 Å². The number of carboxylic acid groups (broad SMARTS) is 1. The maximum Gasteiger partial charge on any atom is 0.362 e. The molecule has 49 heavy (non-hydrogen) atoms. The van der Waals surface area contributed by atoms with Crippen LogP contribution in [-0.4, -0.2) is 80.6 Å². The highest BCUT2D eigenvalue weighted by atomic mass is 16.6. The second-order valence-corrected chi connectivity index (χ2v) is 12.9. The molecule has 8 heteroatoms. The molecule has 1 N–H and O–H groups in total. The van der Waals surface area contributed by atoms with Gasteiger partial charge in [0.2, 0.25) is 0 Å². The number of carbonyl (C=O) groups is 3. The highest BCUT2D eigenvalue weighted by molar-refractivity contribution is 5.72. The molecule has 0 heterocycles. The number of esters is 2. The van der Waals surface area contributed by atoms with Crippen molar-refractivity contribution >= 4 is 17.9 Å². The predicted octanol–water partition coefficient (Wildman–Crippen LogP) is 9.01. The van der Waals surface area contributed by atoms with Crippen LogP contribution in [0, 0.1) is 0 Å². The van der Waals surface area contributed by atoms with Crippen molar-refractivity contribution < 1.29 is 38.2 Å². The van der Waals surface area contributed by atoms with Crippen LogP contribution < -0.4 is 0 Å². The molecule has 0 aliphatic carbocycles. The summed E-state index contributed by atoms with van der Waals surface area (Å²) in [4.78, 5) is 36.6. The Hall–Kier alpha value is -3.49. The Morgan fingerprint density at radius 2 is 1.20 bits per heavy atom. The summed E-state index contributed by atoms with van der Waals surface area (Å²) < 4.78 is 17.0. The van der Waals surface area contributed by atoms with Crippen LogP contribution in [-0.2, 0) is 28.6 Å². The van der Waals surface area contributed by atoms with E-state index < -0.39 is 18.1 Å². The highest BCUT2D eigenvalue weighted by Gasteiger charge is 2.31. The first kappa shape index (κ1) is 45.5. The van der Waals surface area contributed by atoms with E-state index in [1.54, 1.807) is 0 Å². The van der Waals surface area contributed by atoms with Crippen LogP contribution in [0.2, 0.25) is 0 Å². The zero-order valence-electron chi connectivity index (χ0n) is 31.1. The number of likely N-dealkylation sites (N-methyl/N-ethyl adjacent to an activating group) is 1. The summed E-state index contributed by atoms with van der Waals surface area (Å²) in [5, 5.41) is 9.56. The third-order valence-electron chi connectivity index (χ3n) is 7.45. The van der Waals surface area contributed by atoms with Crippen molar-refractivity contribution in [3.63, 3.8) is 0 Å².